The maximum Gasteiger partial charge on any atom is 0.311 e. The molecule has 0 bridgehead atoms. The predicted molar refractivity (Wildman–Crippen MR) is 230 cm³/mol. The summed E-state index contributed by atoms with van der Waals surface area (Å²) in [6.45, 7) is 21.0. The number of hydrogen-bond donors (Lipinski definition) is 5. The van der Waals surface area contributed by atoms with Gasteiger partial charge in [0.25, 0.3) is 0 Å². The lowest BCUT2D eigenvalue weighted by Gasteiger charge is -2.49. The molecule has 3 aliphatic rings. The molecule has 0 aromatic carbocycles. The average molecular weight is 876 g/mol. The first-order valence-corrected chi connectivity index (χ1v) is 22.8. The number of nitrogens with one attached hydrogen (secondary N) is 1. The van der Waals surface area contributed by atoms with Gasteiger partial charge in [-0.1, -0.05) is 27.7 Å². The van der Waals surface area contributed by atoms with Crippen LogP contribution in [0.15, 0.2) is 0 Å². The molecule has 0 saturated carbocycles. The summed E-state index contributed by atoms with van der Waals surface area (Å²) in [6.07, 6.45) is -5.74. The van der Waals surface area contributed by atoms with E-state index in [0.717, 1.165) is 6.42 Å². The lowest BCUT2D eigenvalue weighted by Crippen LogP contribution is -2.61. The van der Waals surface area contributed by atoms with E-state index < -0.39 is 96.0 Å². The van der Waals surface area contributed by atoms with Gasteiger partial charge in [-0.3, -0.25) is 9.59 Å². The third-order valence-electron chi connectivity index (χ3n) is 13.6. The summed E-state index contributed by atoms with van der Waals surface area (Å²) in [7, 11) is 7.33. The maximum atomic E-state index is 14.4. The number of ether oxygens (including phenoxy) is 7. The Balaban J connectivity index is 2.16. The zero-order valence-corrected chi connectivity index (χ0v) is 40.1. The van der Waals surface area contributed by atoms with Gasteiger partial charge in [-0.2, -0.15) is 0 Å². The second-order valence-corrected chi connectivity index (χ2v) is 19.5. The summed E-state index contributed by atoms with van der Waals surface area (Å²) < 4.78 is 45.2. The standard InChI is InChI=1S/C45H85N3O13/c1-16-19-34(49)46-20-18-21-56-37-32(47(12)13)22-27(4)57-42(37)61-40-28(5)36(60-35-24-44(10,55-15)39(51)31(8)58-35)29(6)41(52)59-33(17-2)45(11,54)38(50)30(7)48(14)25-26(3)23-43(40,9)53/h26-33,35-40,42,50-51,53-54H,16-25H2,1-15H3,(H,46,49)/t26-,27-,28+,29-,30-,31+,32+,33-,35+,36+,37-,38-,39+,40-,42+,43-,44-,45-/m1/s1. The SMILES string of the molecule is CCCC(=O)NCCCO[C@H]1[C@H](O[C@@H]2[C@@H](C)[C@H](O[C@H]3C[C@@](C)(OC)[C@@H](O)[C@H](C)O3)[C@@H](C)C(=O)O[C@H](CC)[C@@](C)(O)[C@H](O)[C@@H](C)N(C)C[C@H](C)C[C@@]2(C)O)O[C@H](C)C[C@@H]1N(C)C. The van der Waals surface area contributed by atoms with Crippen LogP contribution in [0.3, 0.4) is 0 Å². The van der Waals surface area contributed by atoms with Crippen molar-refractivity contribution in [3.05, 3.63) is 0 Å². The van der Waals surface area contributed by atoms with Crippen LogP contribution in [-0.2, 0) is 42.7 Å². The highest BCUT2D eigenvalue weighted by Crippen LogP contribution is 2.40. The monoisotopic (exact) mass is 876 g/mol. The van der Waals surface area contributed by atoms with Crippen LogP contribution in [0, 0.1) is 17.8 Å². The van der Waals surface area contributed by atoms with E-state index in [1.165, 1.54) is 14.0 Å². The van der Waals surface area contributed by atoms with Crippen molar-refractivity contribution in [2.45, 2.75) is 211 Å². The van der Waals surface area contributed by atoms with Crippen LogP contribution < -0.4 is 5.32 Å². The number of likely N-dealkylation sites (N-methyl/N-ethyl adjacent to an activating group) is 2. The van der Waals surface area contributed by atoms with Gasteiger partial charge in [-0.15, -0.1) is 0 Å². The molecule has 3 rings (SSSR count). The van der Waals surface area contributed by atoms with Gasteiger partial charge in [-0.05, 0) is 108 Å². The predicted octanol–water partition coefficient (Wildman–Crippen LogP) is 3.23. The Kier molecular flexibility index (Phi) is 20.3. The number of aliphatic hydroxyl groups is 4. The summed E-state index contributed by atoms with van der Waals surface area (Å²) in [5.74, 6) is -2.60. The molecular formula is C45H85N3O13. The fourth-order valence-corrected chi connectivity index (χ4v) is 9.74. The zero-order chi connectivity index (χ0) is 46.2. The molecule has 0 radical (unpaired) electrons. The van der Waals surface area contributed by atoms with E-state index in [2.05, 4.69) is 10.2 Å². The van der Waals surface area contributed by atoms with Crippen molar-refractivity contribution in [2.24, 2.45) is 17.8 Å². The van der Waals surface area contributed by atoms with Gasteiger partial charge in [0.05, 0.1) is 41.5 Å². The number of carbonyl (C=O) groups is 2. The zero-order valence-electron chi connectivity index (χ0n) is 40.1. The Hall–Kier alpha value is -1.54. The molecule has 3 aliphatic heterocycles. The van der Waals surface area contributed by atoms with E-state index in [1.807, 2.05) is 60.7 Å². The molecule has 16 heteroatoms. The molecule has 3 saturated heterocycles. The largest absolute Gasteiger partial charge is 0.459 e. The lowest BCUT2D eigenvalue weighted by molar-refractivity contribution is -0.321. The molecule has 0 aromatic heterocycles. The Morgan fingerprint density at radius 3 is 2.21 bits per heavy atom. The number of nitrogens with zero attached hydrogens (tertiary/aromatic N) is 2. The van der Waals surface area contributed by atoms with E-state index >= 15 is 0 Å². The van der Waals surface area contributed by atoms with Crippen LogP contribution in [-0.4, -0.2) is 180 Å². The van der Waals surface area contributed by atoms with Crippen molar-refractivity contribution in [1.29, 1.82) is 0 Å². The van der Waals surface area contributed by atoms with E-state index in [-0.39, 0.29) is 43.2 Å². The highest BCUT2D eigenvalue weighted by atomic mass is 16.7. The van der Waals surface area contributed by atoms with Crippen molar-refractivity contribution in [3.8, 4) is 0 Å². The summed E-state index contributed by atoms with van der Waals surface area (Å²) in [5.41, 5.74) is -4.41. The van der Waals surface area contributed by atoms with E-state index in [4.69, 9.17) is 33.2 Å². The minimum absolute atomic E-state index is 0.00184. The minimum atomic E-state index is -1.81. The summed E-state index contributed by atoms with van der Waals surface area (Å²) in [6, 6.07) is -0.671. The fourth-order valence-electron chi connectivity index (χ4n) is 9.74. The van der Waals surface area contributed by atoms with Gasteiger partial charge in [0, 0.05) is 57.6 Å². The summed E-state index contributed by atoms with van der Waals surface area (Å²) >= 11 is 0. The van der Waals surface area contributed by atoms with Gasteiger partial charge in [0.15, 0.2) is 12.6 Å². The molecule has 0 spiro atoms. The Bertz CT molecular complexity index is 1360. The fraction of sp³-hybridized carbons (Fsp3) is 0.956. The minimum Gasteiger partial charge on any atom is -0.459 e. The third kappa shape index (κ3) is 13.7. The summed E-state index contributed by atoms with van der Waals surface area (Å²) in [5, 5.41) is 50.3. The molecule has 0 aliphatic carbocycles. The van der Waals surface area contributed by atoms with Crippen molar-refractivity contribution in [3.63, 3.8) is 0 Å². The molecule has 0 aromatic rings. The van der Waals surface area contributed by atoms with E-state index in [0.29, 0.717) is 39.0 Å². The van der Waals surface area contributed by atoms with Crippen LogP contribution in [0.1, 0.15) is 121 Å². The molecule has 1 amide bonds. The van der Waals surface area contributed by atoms with Crippen molar-refractivity contribution >= 4 is 11.9 Å². The number of aliphatic hydroxyl groups excluding tert-OH is 2. The molecule has 5 N–H and O–H groups in total. The van der Waals surface area contributed by atoms with Gasteiger partial charge >= 0.3 is 5.97 Å². The van der Waals surface area contributed by atoms with Gasteiger partial charge in [0.2, 0.25) is 5.91 Å². The molecule has 18 atom stereocenters. The lowest BCUT2D eigenvalue weighted by atomic mass is 9.77. The quantitative estimate of drug-likeness (QED) is 0.126. The average Bonchev–Trinajstić information content (AvgIpc) is 3.18. The third-order valence-corrected chi connectivity index (χ3v) is 13.6. The number of carbonyl (C=O) groups excluding carboxylic acids is 2. The Morgan fingerprint density at radius 2 is 1.62 bits per heavy atom. The number of hydrogen-bond acceptors (Lipinski definition) is 15. The number of methoxy groups -OCH3 is 1. The topological polar surface area (TPSA) is 198 Å². The summed E-state index contributed by atoms with van der Waals surface area (Å²) in [4.78, 5) is 30.6. The van der Waals surface area contributed by atoms with E-state index in [1.54, 1.807) is 34.6 Å². The van der Waals surface area contributed by atoms with Crippen LogP contribution >= 0.6 is 0 Å². The van der Waals surface area contributed by atoms with Crippen molar-refractivity contribution in [1.82, 2.24) is 15.1 Å². The van der Waals surface area contributed by atoms with Gasteiger partial charge in [-0.25, -0.2) is 0 Å². The molecule has 16 nitrogen and oxygen atoms in total. The molecule has 61 heavy (non-hydrogen) atoms. The first kappa shape index (κ1) is 53.8. The van der Waals surface area contributed by atoms with Crippen LogP contribution in [0.2, 0.25) is 0 Å². The maximum absolute atomic E-state index is 14.4. The highest BCUT2D eigenvalue weighted by Gasteiger charge is 2.53. The normalized spacial score (nSPS) is 43.9. The second kappa shape index (κ2) is 23.1. The molecular weight excluding hydrogens is 791 g/mol. The highest BCUT2D eigenvalue weighted by molar-refractivity contribution is 5.75. The van der Waals surface area contributed by atoms with Crippen LogP contribution in [0.5, 0.6) is 0 Å². The number of amides is 1. The molecule has 3 fully saturated rings. The second-order valence-electron chi connectivity index (χ2n) is 19.5. The van der Waals surface area contributed by atoms with Crippen molar-refractivity contribution in [2.75, 3.05) is 47.9 Å². The van der Waals surface area contributed by atoms with Crippen molar-refractivity contribution < 1.29 is 63.2 Å². The smallest absolute Gasteiger partial charge is 0.311 e. The van der Waals surface area contributed by atoms with Crippen LogP contribution in [0.4, 0.5) is 0 Å². The number of cyclic esters (lactones) is 1. The van der Waals surface area contributed by atoms with Gasteiger partial charge in [0.1, 0.15) is 30.0 Å². The molecule has 0 unspecified atom stereocenters. The first-order valence-electron chi connectivity index (χ1n) is 22.8. The molecule has 358 valence electrons. The van der Waals surface area contributed by atoms with Crippen LogP contribution in [0.25, 0.3) is 0 Å². The first-order chi connectivity index (χ1) is 28.3. The Morgan fingerprint density at radius 1 is 0.967 bits per heavy atom. The molecule has 3 heterocycles. The van der Waals surface area contributed by atoms with Gasteiger partial charge < -0.3 is 68.7 Å². The Labute approximate surface area is 366 Å². The van der Waals surface area contributed by atoms with E-state index in [9.17, 15) is 30.0 Å². The number of esters is 1. The number of rotatable bonds is 14.